The molecule has 0 unspecified atom stereocenters. The lowest BCUT2D eigenvalue weighted by Gasteiger charge is -2.29. The number of nitrogens with one attached hydrogen (secondary N) is 2. The summed E-state index contributed by atoms with van der Waals surface area (Å²) in [5.41, 5.74) is 0.797. The minimum Gasteiger partial charge on any atom is -0.342 e. The highest BCUT2D eigenvalue weighted by molar-refractivity contribution is 7.98. The molecule has 0 aliphatic carbocycles. The Balaban J connectivity index is 1.95. The van der Waals surface area contributed by atoms with Crippen molar-refractivity contribution in [2.24, 2.45) is 0 Å². The molecule has 19 heavy (non-hydrogen) atoms. The highest BCUT2D eigenvalue weighted by atomic mass is 32.2. The van der Waals surface area contributed by atoms with E-state index in [-0.39, 0.29) is 11.8 Å². The number of carbonyl (C=O) groups is 2. The van der Waals surface area contributed by atoms with Crippen molar-refractivity contribution < 1.29 is 9.59 Å². The average molecular weight is 279 g/mol. The molecule has 6 heteroatoms. The van der Waals surface area contributed by atoms with Crippen LogP contribution in [0.4, 0.5) is 0 Å². The summed E-state index contributed by atoms with van der Waals surface area (Å²) in [6, 6.07) is 4.61. The quantitative estimate of drug-likeness (QED) is 0.816. The molecule has 2 heterocycles. The third kappa shape index (κ3) is 3.70. The molecule has 0 bridgehead atoms. The molecule has 1 aliphatic heterocycles. The maximum Gasteiger partial charge on any atom is 0.243 e. The van der Waals surface area contributed by atoms with Gasteiger partial charge in [-0.2, -0.15) is 11.8 Å². The van der Waals surface area contributed by atoms with Crippen molar-refractivity contribution >= 4 is 23.6 Å². The van der Waals surface area contributed by atoms with Crippen LogP contribution in [0.5, 0.6) is 0 Å². The molecule has 1 aliphatic rings. The number of rotatable bonds is 5. The van der Waals surface area contributed by atoms with E-state index in [1.807, 2.05) is 24.5 Å². The molecule has 102 valence electrons. The molecule has 2 rings (SSSR count). The number of pyridine rings is 1. The lowest BCUT2D eigenvalue weighted by molar-refractivity contribution is -0.136. The van der Waals surface area contributed by atoms with Gasteiger partial charge in [0, 0.05) is 18.3 Å². The van der Waals surface area contributed by atoms with Gasteiger partial charge in [0.1, 0.15) is 12.1 Å². The Labute approximate surface area is 116 Å². The first-order chi connectivity index (χ1) is 9.20. The van der Waals surface area contributed by atoms with E-state index in [0.29, 0.717) is 12.8 Å². The molecular weight excluding hydrogens is 262 g/mol. The van der Waals surface area contributed by atoms with E-state index >= 15 is 0 Å². The Kier molecular flexibility index (Phi) is 4.79. The predicted molar refractivity (Wildman–Crippen MR) is 74.8 cm³/mol. The first-order valence-electron chi connectivity index (χ1n) is 6.20. The zero-order valence-electron chi connectivity index (χ0n) is 10.8. The first kappa shape index (κ1) is 13.9. The number of aromatic nitrogens is 1. The summed E-state index contributed by atoms with van der Waals surface area (Å²) in [5.74, 6) is 0.620. The summed E-state index contributed by atoms with van der Waals surface area (Å²) in [6.45, 7) is 0. The molecule has 0 spiro atoms. The van der Waals surface area contributed by atoms with Crippen molar-refractivity contribution in [3.8, 4) is 0 Å². The van der Waals surface area contributed by atoms with Crippen LogP contribution < -0.4 is 10.6 Å². The lowest BCUT2D eigenvalue weighted by atomic mass is 10.0. The van der Waals surface area contributed by atoms with E-state index in [4.69, 9.17) is 0 Å². The number of hydrogen-bond donors (Lipinski definition) is 2. The molecule has 0 aromatic carbocycles. The Morgan fingerprint density at radius 2 is 1.95 bits per heavy atom. The van der Waals surface area contributed by atoms with Gasteiger partial charge in [0.05, 0.1) is 0 Å². The highest BCUT2D eigenvalue weighted by Gasteiger charge is 2.33. The van der Waals surface area contributed by atoms with E-state index < -0.39 is 12.1 Å². The second-order valence-corrected chi connectivity index (χ2v) is 5.41. The second kappa shape index (κ2) is 6.56. The Morgan fingerprint density at radius 1 is 1.21 bits per heavy atom. The van der Waals surface area contributed by atoms with Crippen LogP contribution in [0.1, 0.15) is 12.1 Å². The van der Waals surface area contributed by atoms with E-state index in [2.05, 4.69) is 15.6 Å². The van der Waals surface area contributed by atoms with Gasteiger partial charge in [-0.3, -0.25) is 14.6 Å². The van der Waals surface area contributed by atoms with E-state index in [1.54, 1.807) is 18.0 Å². The lowest BCUT2D eigenvalue weighted by Crippen LogP contribution is -2.62. The largest absolute Gasteiger partial charge is 0.342 e. The van der Waals surface area contributed by atoms with Crippen molar-refractivity contribution in [1.82, 2.24) is 15.6 Å². The fraction of sp³-hybridized carbons (Fsp3) is 0.462. The standard InChI is InChI=1S/C13H17N3O2S/c1-19-7-5-10-12(17)16-11(13(18)15-10)8-9-4-2-3-6-14-9/h2-4,6,10-11H,5,7-8H2,1H3,(H,15,18)(H,16,17)/t10-,11-/m0/s1. The number of nitrogens with zero attached hydrogens (tertiary/aromatic N) is 1. The minimum absolute atomic E-state index is 0.102. The fourth-order valence-corrected chi connectivity index (χ4v) is 2.46. The summed E-state index contributed by atoms with van der Waals surface area (Å²) in [6.07, 6.45) is 4.74. The van der Waals surface area contributed by atoms with Crippen LogP contribution in [0.3, 0.4) is 0 Å². The molecule has 1 aromatic rings. The molecule has 0 radical (unpaired) electrons. The van der Waals surface area contributed by atoms with Gasteiger partial charge in [-0.1, -0.05) is 6.07 Å². The number of amides is 2. The van der Waals surface area contributed by atoms with Gasteiger partial charge in [-0.25, -0.2) is 0 Å². The van der Waals surface area contributed by atoms with Gasteiger partial charge < -0.3 is 10.6 Å². The zero-order valence-corrected chi connectivity index (χ0v) is 11.6. The zero-order chi connectivity index (χ0) is 13.7. The molecular formula is C13H17N3O2S. The van der Waals surface area contributed by atoms with Crippen molar-refractivity contribution in [3.05, 3.63) is 30.1 Å². The Hall–Kier alpha value is -1.56. The van der Waals surface area contributed by atoms with Crippen molar-refractivity contribution in [3.63, 3.8) is 0 Å². The van der Waals surface area contributed by atoms with Gasteiger partial charge >= 0.3 is 0 Å². The number of piperazine rings is 1. The van der Waals surface area contributed by atoms with Gasteiger partial charge in [-0.15, -0.1) is 0 Å². The summed E-state index contributed by atoms with van der Waals surface area (Å²) in [5, 5.41) is 5.55. The monoisotopic (exact) mass is 279 g/mol. The van der Waals surface area contributed by atoms with Gasteiger partial charge in [-0.05, 0) is 30.6 Å². The maximum absolute atomic E-state index is 12.0. The molecule has 5 nitrogen and oxygen atoms in total. The van der Waals surface area contributed by atoms with Gasteiger partial charge in [0.2, 0.25) is 11.8 Å². The summed E-state index contributed by atoms with van der Waals surface area (Å²) >= 11 is 1.66. The molecule has 2 atom stereocenters. The summed E-state index contributed by atoms with van der Waals surface area (Å²) < 4.78 is 0. The number of carbonyl (C=O) groups excluding carboxylic acids is 2. The summed E-state index contributed by atoms with van der Waals surface area (Å²) in [4.78, 5) is 28.0. The van der Waals surface area contributed by atoms with Crippen LogP contribution in [0.15, 0.2) is 24.4 Å². The molecule has 2 amide bonds. The van der Waals surface area contributed by atoms with Crippen LogP contribution in [0.25, 0.3) is 0 Å². The smallest absolute Gasteiger partial charge is 0.243 e. The first-order valence-corrected chi connectivity index (χ1v) is 7.59. The molecule has 1 fully saturated rings. The van der Waals surface area contributed by atoms with E-state index in [0.717, 1.165) is 11.4 Å². The number of hydrogen-bond acceptors (Lipinski definition) is 4. The van der Waals surface area contributed by atoms with Crippen LogP contribution in [0, 0.1) is 0 Å². The minimum atomic E-state index is -0.520. The van der Waals surface area contributed by atoms with Crippen LogP contribution >= 0.6 is 11.8 Å². The van der Waals surface area contributed by atoms with Crippen molar-refractivity contribution in [1.29, 1.82) is 0 Å². The molecule has 1 aromatic heterocycles. The third-order valence-corrected chi connectivity index (χ3v) is 3.66. The second-order valence-electron chi connectivity index (χ2n) is 4.43. The van der Waals surface area contributed by atoms with Gasteiger partial charge in [0.15, 0.2) is 0 Å². The average Bonchev–Trinajstić information content (AvgIpc) is 2.42. The van der Waals surface area contributed by atoms with Crippen molar-refractivity contribution in [2.75, 3.05) is 12.0 Å². The van der Waals surface area contributed by atoms with Gasteiger partial charge in [0.25, 0.3) is 0 Å². The van der Waals surface area contributed by atoms with Crippen LogP contribution in [-0.2, 0) is 16.0 Å². The van der Waals surface area contributed by atoms with E-state index in [9.17, 15) is 9.59 Å². The fourth-order valence-electron chi connectivity index (χ4n) is 1.99. The Bertz CT molecular complexity index is 452. The number of thioether (sulfide) groups is 1. The summed E-state index contributed by atoms with van der Waals surface area (Å²) in [7, 11) is 0. The Morgan fingerprint density at radius 3 is 2.63 bits per heavy atom. The maximum atomic E-state index is 12.0. The highest BCUT2D eigenvalue weighted by Crippen LogP contribution is 2.08. The molecule has 1 saturated heterocycles. The van der Waals surface area contributed by atoms with E-state index in [1.165, 1.54) is 0 Å². The molecule has 2 N–H and O–H groups in total. The molecule has 0 saturated carbocycles. The predicted octanol–water partition coefficient (Wildman–Crippen LogP) is 0.360. The normalized spacial score (nSPS) is 22.8. The SMILES string of the molecule is CSCC[C@@H]1NC(=O)[C@H](Cc2ccccn2)NC1=O. The van der Waals surface area contributed by atoms with Crippen LogP contribution in [0.2, 0.25) is 0 Å². The third-order valence-electron chi connectivity index (χ3n) is 3.02. The van der Waals surface area contributed by atoms with Crippen molar-refractivity contribution in [2.45, 2.75) is 24.9 Å². The topological polar surface area (TPSA) is 71.1 Å². The van der Waals surface area contributed by atoms with Crippen LogP contribution in [-0.4, -0.2) is 40.9 Å².